The topological polar surface area (TPSA) is 69.6 Å². The second-order valence-corrected chi connectivity index (χ2v) is 8.96. The van der Waals surface area contributed by atoms with Crippen LogP contribution in [0.3, 0.4) is 0 Å². The zero-order valence-electron chi connectivity index (χ0n) is 17.1. The average molecular weight is 519 g/mol. The predicted molar refractivity (Wildman–Crippen MR) is 127 cm³/mol. The maximum atomic E-state index is 11.9. The molecule has 1 amide bonds. The van der Waals surface area contributed by atoms with Gasteiger partial charge < -0.3 is 15.5 Å². The second kappa shape index (κ2) is 11.9. The highest BCUT2D eigenvalue weighted by atomic mass is 127. The third-order valence-electron chi connectivity index (χ3n) is 5.34. The fourth-order valence-electron chi connectivity index (χ4n) is 3.68. The first-order valence-corrected chi connectivity index (χ1v) is 11.2. The number of hydrogen-bond acceptors (Lipinski definition) is 4. The van der Waals surface area contributed by atoms with E-state index in [1.165, 1.54) is 66.9 Å². The van der Waals surface area contributed by atoms with Crippen LogP contribution >= 0.6 is 35.3 Å². The molecule has 2 aliphatic rings. The number of amides is 1. The molecule has 1 aromatic heterocycles. The van der Waals surface area contributed by atoms with Crippen LogP contribution in [-0.4, -0.2) is 55.0 Å². The zero-order chi connectivity index (χ0) is 19.1. The number of likely N-dealkylation sites (N-methyl/N-ethyl adjacent to an activating group) is 1. The van der Waals surface area contributed by atoms with E-state index in [1.807, 2.05) is 11.3 Å². The highest BCUT2D eigenvalue weighted by Crippen LogP contribution is 2.26. The minimum absolute atomic E-state index is 0. The number of carbonyl (C=O) groups excluding carboxylic acids is 1. The molecule has 8 heteroatoms. The Kier molecular flexibility index (Phi) is 9.98. The number of aliphatic imine (C=N–C) groups is 1. The number of nitrogens with zero attached hydrogens (tertiary/aromatic N) is 3. The molecule has 1 fully saturated rings. The fraction of sp³-hybridized carbons (Fsp3) is 0.750. The van der Waals surface area contributed by atoms with Gasteiger partial charge in [0.1, 0.15) is 6.54 Å². The quantitative estimate of drug-likeness (QED) is 0.344. The van der Waals surface area contributed by atoms with E-state index in [2.05, 4.69) is 15.6 Å². The highest BCUT2D eigenvalue weighted by molar-refractivity contribution is 14.0. The number of aromatic nitrogens is 1. The van der Waals surface area contributed by atoms with Gasteiger partial charge in [-0.3, -0.25) is 4.79 Å². The number of carbonyl (C=O) groups is 1. The molecule has 1 aromatic rings. The van der Waals surface area contributed by atoms with Gasteiger partial charge >= 0.3 is 0 Å². The van der Waals surface area contributed by atoms with Crippen LogP contribution in [0.1, 0.15) is 60.5 Å². The molecule has 28 heavy (non-hydrogen) atoms. The lowest BCUT2D eigenvalue weighted by Crippen LogP contribution is -2.45. The van der Waals surface area contributed by atoms with Crippen molar-refractivity contribution in [1.29, 1.82) is 0 Å². The lowest BCUT2D eigenvalue weighted by atomic mass is 9.96. The van der Waals surface area contributed by atoms with Crippen molar-refractivity contribution in [1.82, 2.24) is 20.5 Å². The molecule has 3 rings (SSSR count). The first kappa shape index (κ1) is 23.4. The van der Waals surface area contributed by atoms with Crippen LogP contribution in [-0.2, 0) is 24.1 Å². The Hall–Kier alpha value is -0.900. The summed E-state index contributed by atoms with van der Waals surface area (Å²) >= 11 is 1.87. The Morgan fingerprint density at radius 1 is 1.18 bits per heavy atom. The molecule has 0 aromatic carbocycles. The molecule has 2 N–H and O–H groups in total. The molecule has 0 radical (unpaired) electrons. The molecule has 1 heterocycles. The minimum atomic E-state index is 0. The van der Waals surface area contributed by atoms with Crippen molar-refractivity contribution in [3.8, 4) is 0 Å². The monoisotopic (exact) mass is 519 g/mol. The average Bonchev–Trinajstić information content (AvgIpc) is 3.09. The normalized spacial score (nSPS) is 17.4. The molecule has 6 nitrogen and oxygen atoms in total. The molecule has 158 valence electrons. The third kappa shape index (κ3) is 7.17. The van der Waals surface area contributed by atoms with E-state index < -0.39 is 0 Å². The largest absolute Gasteiger partial charge is 0.356 e. The third-order valence-corrected chi connectivity index (χ3v) is 6.56. The number of rotatable bonds is 6. The number of halogens is 1. The second-order valence-electron chi connectivity index (χ2n) is 7.79. The van der Waals surface area contributed by atoms with Gasteiger partial charge in [0, 0.05) is 38.0 Å². The number of guanidine groups is 1. The van der Waals surface area contributed by atoms with Crippen LogP contribution in [0.15, 0.2) is 4.99 Å². The van der Waals surface area contributed by atoms with Crippen molar-refractivity contribution in [2.45, 2.75) is 70.3 Å². The van der Waals surface area contributed by atoms with Crippen molar-refractivity contribution >= 4 is 47.2 Å². The Balaban J connectivity index is 0.00000280. The molecule has 0 spiro atoms. The van der Waals surface area contributed by atoms with E-state index in [4.69, 9.17) is 4.98 Å². The van der Waals surface area contributed by atoms with E-state index in [1.54, 1.807) is 19.0 Å². The van der Waals surface area contributed by atoms with Gasteiger partial charge in [-0.2, -0.15) is 0 Å². The van der Waals surface area contributed by atoms with Gasteiger partial charge in [-0.15, -0.1) is 35.3 Å². The first-order chi connectivity index (χ1) is 13.1. The maximum absolute atomic E-state index is 11.9. The van der Waals surface area contributed by atoms with E-state index in [0.29, 0.717) is 6.04 Å². The number of thiazole rings is 1. The van der Waals surface area contributed by atoms with E-state index in [-0.39, 0.29) is 36.4 Å². The van der Waals surface area contributed by atoms with Crippen molar-refractivity contribution in [3.05, 3.63) is 15.6 Å². The molecule has 0 bridgehead atoms. The Labute approximate surface area is 190 Å². The molecule has 0 aliphatic heterocycles. The summed E-state index contributed by atoms with van der Waals surface area (Å²) in [6, 6.07) is 0.464. The van der Waals surface area contributed by atoms with Gasteiger partial charge in [-0.05, 0) is 38.5 Å². The van der Waals surface area contributed by atoms with Gasteiger partial charge in [0.15, 0.2) is 5.96 Å². The summed E-state index contributed by atoms with van der Waals surface area (Å²) in [7, 11) is 3.54. The molecule has 1 saturated carbocycles. The van der Waals surface area contributed by atoms with Crippen molar-refractivity contribution in [3.63, 3.8) is 0 Å². The van der Waals surface area contributed by atoms with Crippen LogP contribution in [0, 0.1) is 0 Å². The van der Waals surface area contributed by atoms with Gasteiger partial charge in [-0.25, -0.2) is 9.98 Å². The summed E-state index contributed by atoms with van der Waals surface area (Å²) in [5.74, 6) is 0.783. The summed E-state index contributed by atoms with van der Waals surface area (Å²) in [6.07, 6.45) is 12.0. The fourth-order valence-corrected chi connectivity index (χ4v) is 4.84. The zero-order valence-corrected chi connectivity index (χ0v) is 20.3. The number of hydrogen-bond donors (Lipinski definition) is 2. The molecule has 2 aliphatic carbocycles. The summed E-state index contributed by atoms with van der Waals surface area (Å²) in [6.45, 7) is 0.974. The number of fused-ring (bicyclic) bond motifs is 1. The maximum Gasteiger partial charge on any atom is 0.243 e. The Bertz CT molecular complexity index is 632. The molecule has 0 unspecified atom stereocenters. The lowest BCUT2D eigenvalue weighted by molar-refractivity contribution is -0.127. The standard InChI is InChI=1S/C20H33N5OS.HI/c1-25(2)19(26)14-22-20(23-15-8-4-3-5-9-15)21-13-12-18-24-16-10-6-7-11-17(16)27-18;/h15H,3-14H2,1-2H3,(H2,21,22,23);1H. The van der Waals surface area contributed by atoms with Gasteiger partial charge in [0.2, 0.25) is 5.91 Å². The summed E-state index contributed by atoms with van der Waals surface area (Å²) in [5, 5.41) is 8.18. The smallest absolute Gasteiger partial charge is 0.243 e. The molecule has 0 saturated heterocycles. The van der Waals surface area contributed by atoms with Gasteiger partial charge in [-0.1, -0.05) is 19.3 Å². The van der Waals surface area contributed by atoms with E-state index in [9.17, 15) is 4.79 Å². The SMILES string of the molecule is CN(C)C(=O)CN=C(NCCc1nc2c(s1)CCCC2)NC1CCCCC1.I. The van der Waals surface area contributed by atoms with Crippen LogP contribution in [0.4, 0.5) is 0 Å². The van der Waals surface area contributed by atoms with Crippen molar-refractivity contribution < 1.29 is 4.79 Å². The van der Waals surface area contributed by atoms with Crippen molar-refractivity contribution in [2.75, 3.05) is 27.2 Å². The minimum Gasteiger partial charge on any atom is -0.356 e. The molecular weight excluding hydrogens is 485 g/mol. The van der Waals surface area contributed by atoms with Gasteiger partial charge in [0.25, 0.3) is 0 Å². The Morgan fingerprint density at radius 2 is 1.93 bits per heavy atom. The van der Waals surface area contributed by atoms with Crippen LogP contribution < -0.4 is 10.6 Å². The van der Waals surface area contributed by atoms with Crippen LogP contribution in [0.5, 0.6) is 0 Å². The predicted octanol–water partition coefficient (Wildman–Crippen LogP) is 3.14. The van der Waals surface area contributed by atoms with E-state index >= 15 is 0 Å². The van der Waals surface area contributed by atoms with Crippen molar-refractivity contribution in [2.24, 2.45) is 4.99 Å². The Morgan fingerprint density at radius 3 is 2.64 bits per heavy atom. The summed E-state index contributed by atoms with van der Waals surface area (Å²) < 4.78 is 0. The van der Waals surface area contributed by atoms with Crippen LogP contribution in [0.25, 0.3) is 0 Å². The first-order valence-electron chi connectivity index (χ1n) is 10.3. The molecule has 0 atom stereocenters. The van der Waals surface area contributed by atoms with Crippen LogP contribution in [0.2, 0.25) is 0 Å². The lowest BCUT2D eigenvalue weighted by Gasteiger charge is -2.25. The highest BCUT2D eigenvalue weighted by Gasteiger charge is 2.17. The molecular formula is C20H34IN5OS. The van der Waals surface area contributed by atoms with E-state index in [0.717, 1.165) is 25.3 Å². The van der Waals surface area contributed by atoms with Gasteiger partial charge in [0.05, 0.1) is 10.7 Å². The number of nitrogens with one attached hydrogen (secondary N) is 2. The number of aryl methyl sites for hydroxylation is 2. The summed E-state index contributed by atoms with van der Waals surface area (Å²) in [5.41, 5.74) is 1.33. The summed E-state index contributed by atoms with van der Waals surface area (Å²) in [4.78, 5) is 24.3.